The highest BCUT2D eigenvalue weighted by molar-refractivity contribution is 4.88. The molecular formula is C15H34N2. The lowest BCUT2D eigenvalue weighted by atomic mass is 9.90. The predicted octanol–water partition coefficient (Wildman–Crippen LogP) is 3.79. The van der Waals surface area contributed by atoms with Crippen molar-refractivity contribution in [2.75, 3.05) is 13.6 Å². The molecule has 0 rings (SSSR count). The van der Waals surface area contributed by atoms with Crippen LogP contribution < -0.4 is 5.73 Å². The third-order valence-corrected chi connectivity index (χ3v) is 4.23. The first-order valence-corrected chi connectivity index (χ1v) is 7.44. The Balaban J connectivity index is 4.22. The Kier molecular flexibility index (Phi) is 8.89. The van der Waals surface area contributed by atoms with Crippen molar-refractivity contribution >= 4 is 0 Å². The summed E-state index contributed by atoms with van der Waals surface area (Å²) in [5.41, 5.74) is 6.20. The van der Waals surface area contributed by atoms with Gasteiger partial charge >= 0.3 is 0 Å². The van der Waals surface area contributed by atoms with Gasteiger partial charge in [0.05, 0.1) is 0 Å². The summed E-state index contributed by atoms with van der Waals surface area (Å²) in [6.45, 7) is 9.93. The van der Waals surface area contributed by atoms with Crippen LogP contribution in [0.25, 0.3) is 0 Å². The van der Waals surface area contributed by atoms with E-state index in [1.165, 1.54) is 44.9 Å². The highest BCUT2D eigenvalue weighted by atomic mass is 15.2. The third-order valence-electron chi connectivity index (χ3n) is 4.23. The van der Waals surface area contributed by atoms with E-state index in [1.54, 1.807) is 0 Å². The van der Waals surface area contributed by atoms with Gasteiger partial charge in [-0.2, -0.15) is 0 Å². The third kappa shape index (κ3) is 5.87. The average Bonchev–Trinajstić information content (AvgIpc) is 2.33. The summed E-state index contributed by atoms with van der Waals surface area (Å²) in [5.74, 6) is 0. The summed E-state index contributed by atoms with van der Waals surface area (Å²) in [7, 11) is 2.24. The first kappa shape index (κ1) is 16.9. The lowest BCUT2D eigenvalue weighted by molar-refractivity contribution is 0.0846. The van der Waals surface area contributed by atoms with Crippen LogP contribution in [0, 0.1) is 0 Å². The van der Waals surface area contributed by atoms with Gasteiger partial charge in [-0.25, -0.2) is 0 Å². The van der Waals surface area contributed by atoms with Gasteiger partial charge in [-0.1, -0.05) is 46.0 Å². The smallest absolute Gasteiger partial charge is 0.0303 e. The molecule has 0 heterocycles. The maximum Gasteiger partial charge on any atom is 0.0303 e. The Labute approximate surface area is 109 Å². The molecule has 0 aliphatic rings. The zero-order valence-electron chi connectivity index (χ0n) is 12.8. The molecule has 0 spiro atoms. The van der Waals surface area contributed by atoms with Crippen LogP contribution in [-0.2, 0) is 0 Å². The second-order valence-electron chi connectivity index (χ2n) is 5.76. The standard InChI is InChI=1S/C15H34N2/c1-6-8-9-10-12-15(4,13-16)17(5)14(3)11-7-2/h14H,6-13,16H2,1-5H3. The zero-order chi connectivity index (χ0) is 13.3. The van der Waals surface area contributed by atoms with Crippen LogP contribution in [0.15, 0.2) is 0 Å². The fourth-order valence-electron chi connectivity index (χ4n) is 2.50. The Bertz CT molecular complexity index is 182. The summed E-state index contributed by atoms with van der Waals surface area (Å²) < 4.78 is 0. The highest BCUT2D eigenvalue weighted by Crippen LogP contribution is 2.24. The Morgan fingerprint density at radius 1 is 1.12 bits per heavy atom. The molecule has 0 bridgehead atoms. The van der Waals surface area contributed by atoms with Gasteiger partial charge in [0, 0.05) is 18.1 Å². The molecular weight excluding hydrogens is 208 g/mol. The van der Waals surface area contributed by atoms with Crippen molar-refractivity contribution in [2.24, 2.45) is 5.73 Å². The molecule has 2 heteroatoms. The lowest BCUT2D eigenvalue weighted by Gasteiger charge is -2.42. The maximum atomic E-state index is 6.01. The lowest BCUT2D eigenvalue weighted by Crippen LogP contribution is -2.53. The molecule has 0 radical (unpaired) electrons. The molecule has 0 aromatic rings. The average molecular weight is 242 g/mol. The monoisotopic (exact) mass is 242 g/mol. The fraction of sp³-hybridized carbons (Fsp3) is 1.00. The van der Waals surface area contributed by atoms with E-state index in [-0.39, 0.29) is 5.54 Å². The number of likely N-dealkylation sites (N-methyl/N-ethyl adjacent to an activating group) is 1. The molecule has 2 unspecified atom stereocenters. The van der Waals surface area contributed by atoms with E-state index >= 15 is 0 Å². The summed E-state index contributed by atoms with van der Waals surface area (Å²) in [6.07, 6.45) is 9.07. The minimum atomic E-state index is 0.183. The van der Waals surface area contributed by atoms with E-state index in [4.69, 9.17) is 5.73 Å². The first-order valence-electron chi connectivity index (χ1n) is 7.44. The topological polar surface area (TPSA) is 29.3 Å². The van der Waals surface area contributed by atoms with E-state index in [0.717, 1.165) is 6.54 Å². The van der Waals surface area contributed by atoms with Crippen molar-refractivity contribution in [2.45, 2.75) is 84.2 Å². The molecule has 17 heavy (non-hydrogen) atoms. The second kappa shape index (κ2) is 8.93. The normalized spacial score (nSPS) is 17.1. The molecule has 0 aliphatic heterocycles. The molecule has 0 saturated heterocycles. The number of nitrogens with two attached hydrogens (primary N) is 1. The predicted molar refractivity (Wildman–Crippen MR) is 78.4 cm³/mol. The highest BCUT2D eigenvalue weighted by Gasteiger charge is 2.29. The Hall–Kier alpha value is -0.0800. The van der Waals surface area contributed by atoms with Gasteiger partial charge in [0.2, 0.25) is 0 Å². The quantitative estimate of drug-likeness (QED) is 0.591. The molecule has 2 N–H and O–H groups in total. The van der Waals surface area contributed by atoms with Crippen molar-refractivity contribution in [3.63, 3.8) is 0 Å². The molecule has 0 fully saturated rings. The van der Waals surface area contributed by atoms with Crippen LogP contribution in [0.5, 0.6) is 0 Å². The van der Waals surface area contributed by atoms with Crippen LogP contribution in [0.2, 0.25) is 0 Å². The van der Waals surface area contributed by atoms with Crippen molar-refractivity contribution < 1.29 is 0 Å². The van der Waals surface area contributed by atoms with E-state index in [2.05, 4.69) is 39.6 Å². The molecule has 104 valence electrons. The van der Waals surface area contributed by atoms with Crippen molar-refractivity contribution in [3.05, 3.63) is 0 Å². The summed E-state index contributed by atoms with van der Waals surface area (Å²) in [5, 5.41) is 0. The Morgan fingerprint density at radius 2 is 1.76 bits per heavy atom. The van der Waals surface area contributed by atoms with E-state index in [0.29, 0.717) is 6.04 Å². The van der Waals surface area contributed by atoms with Crippen LogP contribution in [0.3, 0.4) is 0 Å². The fourth-order valence-corrected chi connectivity index (χ4v) is 2.50. The van der Waals surface area contributed by atoms with E-state index in [1.807, 2.05) is 0 Å². The molecule has 2 nitrogen and oxygen atoms in total. The Morgan fingerprint density at radius 3 is 2.24 bits per heavy atom. The SMILES string of the molecule is CCCCCCC(C)(CN)N(C)C(C)CCC. The van der Waals surface area contributed by atoms with E-state index in [9.17, 15) is 0 Å². The van der Waals surface area contributed by atoms with Crippen LogP contribution >= 0.6 is 0 Å². The molecule has 0 amide bonds. The second-order valence-corrected chi connectivity index (χ2v) is 5.76. The molecule has 0 saturated carbocycles. The van der Waals surface area contributed by atoms with Crippen LogP contribution in [0.4, 0.5) is 0 Å². The van der Waals surface area contributed by atoms with E-state index < -0.39 is 0 Å². The van der Waals surface area contributed by atoms with Crippen molar-refractivity contribution in [3.8, 4) is 0 Å². The number of hydrogen-bond acceptors (Lipinski definition) is 2. The van der Waals surface area contributed by atoms with Gasteiger partial charge < -0.3 is 5.73 Å². The number of rotatable bonds is 10. The van der Waals surface area contributed by atoms with Crippen molar-refractivity contribution in [1.82, 2.24) is 4.90 Å². The largest absolute Gasteiger partial charge is 0.329 e. The number of unbranched alkanes of at least 4 members (excludes halogenated alkanes) is 3. The minimum Gasteiger partial charge on any atom is -0.329 e. The van der Waals surface area contributed by atoms with Gasteiger partial charge in [-0.15, -0.1) is 0 Å². The summed E-state index contributed by atoms with van der Waals surface area (Å²) >= 11 is 0. The maximum absolute atomic E-state index is 6.01. The minimum absolute atomic E-state index is 0.183. The molecule has 0 aromatic heterocycles. The molecule has 0 aromatic carbocycles. The number of nitrogens with zero attached hydrogens (tertiary/aromatic N) is 1. The molecule has 2 atom stereocenters. The first-order chi connectivity index (χ1) is 8.01. The van der Waals surface area contributed by atoms with Gasteiger partial charge in [-0.05, 0) is 33.7 Å². The van der Waals surface area contributed by atoms with Gasteiger partial charge in [0.25, 0.3) is 0 Å². The van der Waals surface area contributed by atoms with Crippen LogP contribution in [-0.4, -0.2) is 30.1 Å². The number of hydrogen-bond donors (Lipinski definition) is 1. The molecule has 0 aliphatic carbocycles. The van der Waals surface area contributed by atoms with Crippen molar-refractivity contribution in [1.29, 1.82) is 0 Å². The summed E-state index contributed by atoms with van der Waals surface area (Å²) in [6, 6.07) is 0.639. The zero-order valence-corrected chi connectivity index (χ0v) is 12.8. The van der Waals surface area contributed by atoms with Crippen LogP contribution in [0.1, 0.15) is 72.6 Å². The van der Waals surface area contributed by atoms with Gasteiger partial charge in [0.15, 0.2) is 0 Å². The van der Waals surface area contributed by atoms with Gasteiger partial charge in [-0.3, -0.25) is 4.90 Å². The van der Waals surface area contributed by atoms with Gasteiger partial charge in [0.1, 0.15) is 0 Å². The summed E-state index contributed by atoms with van der Waals surface area (Å²) in [4.78, 5) is 2.50.